The van der Waals surface area contributed by atoms with Crippen LogP contribution in [-0.2, 0) is 30.8 Å². The van der Waals surface area contributed by atoms with Crippen LogP contribution in [-0.4, -0.2) is 63.1 Å². The number of aromatic nitrogens is 1. The van der Waals surface area contributed by atoms with Gasteiger partial charge in [0.25, 0.3) is 0 Å². The van der Waals surface area contributed by atoms with E-state index in [9.17, 15) is 13.2 Å². The predicted molar refractivity (Wildman–Crippen MR) is 105 cm³/mol. The van der Waals surface area contributed by atoms with E-state index in [1.165, 1.54) is 37.5 Å². The molecule has 1 aliphatic heterocycles. The van der Waals surface area contributed by atoms with Gasteiger partial charge in [-0.3, -0.25) is 4.79 Å². The Bertz CT molecular complexity index is 901. The first-order valence-electron chi connectivity index (χ1n) is 8.78. The molecule has 0 radical (unpaired) electrons. The predicted octanol–water partition coefficient (Wildman–Crippen LogP) is -1.46. The topological polar surface area (TPSA) is 89.0 Å². The van der Waals surface area contributed by atoms with Gasteiger partial charge in [-0.15, -0.1) is 0 Å². The summed E-state index contributed by atoms with van der Waals surface area (Å²) in [6, 6.07) is 7.00. The second-order valence-electron chi connectivity index (χ2n) is 6.21. The molecule has 0 aliphatic carbocycles. The van der Waals surface area contributed by atoms with Gasteiger partial charge in [0.05, 0.1) is 25.2 Å². The number of rotatable bonds is 7. The number of morpholine rings is 1. The third-order valence-electron chi connectivity index (χ3n) is 4.40. The van der Waals surface area contributed by atoms with Gasteiger partial charge in [0.2, 0.25) is 10.0 Å². The zero-order chi connectivity index (χ0) is 20.1. The smallest absolute Gasteiger partial charge is 0.468 e. The molecule has 1 aromatic heterocycles. The van der Waals surface area contributed by atoms with Crippen LogP contribution in [0.2, 0.25) is 0 Å². The first-order chi connectivity index (χ1) is 13.4. The molecule has 1 aliphatic rings. The number of anilines is 1. The Morgan fingerprint density at radius 2 is 2.00 bits per heavy atom. The molecule has 2 heterocycles. The summed E-state index contributed by atoms with van der Waals surface area (Å²) in [6.45, 7) is 4.14. The maximum Gasteiger partial charge on any atom is 1.00 e. The van der Waals surface area contributed by atoms with Crippen LogP contribution < -0.4 is 23.8 Å². The van der Waals surface area contributed by atoms with Gasteiger partial charge in [-0.2, -0.15) is 9.69 Å². The molecule has 0 spiro atoms. The first-order valence-corrected chi connectivity index (χ1v) is 11.0. The zero-order valence-electron chi connectivity index (χ0n) is 16.7. The van der Waals surface area contributed by atoms with E-state index >= 15 is 0 Å². The third kappa shape index (κ3) is 5.60. The molecule has 0 bridgehead atoms. The Kier molecular flexibility index (Phi) is 8.69. The van der Waals surface area contributed by atoms with Crippen molar-refractivity contribution in [3.63, 3.8) is 0 Å². The molecule has 0 amide bonds. The number of ether oxygens (including phenoxy) is 2. The molecule has 1 aromatic carbocycles. The SMILES string of the molecule is COC(=O)[C@H](C)N(Cc1[c-]sc(N2CCOCC2)n1)S(=O)(=O)c1ccccc1.[Li+]. The number of carbonyl (C=O) groups excluding carboxylic acids is 1. The minimum atomic E-state index is -3.93. The van der Waals surface area contributed by atoms with Crippen LogP contribution in [0.25, 0.3) is 0 Å². The molecular weight excluding hydrogens is 409 g/mol. The summed E-state index contributed by atoms with van der Waals surface area (Å²) in [6.07, 6.45) is 0. The van der Waals surface area contributed by atoms with E-state index in [1.54, 1.807) is 18.2 Å². The Hall–Kier alpha value is -1.41. The number of sulfonamides is 1. The number of hydrogen-bond donors (Lipinski definition) is 0. The van der Waals surface area contributed by atoms with Crippen LogP contribution in [0.4, 0.5) is 5.13 Å². The second kappa shape index (κ2) is 10.6. The quantitative estimate of drug-likeness (QED) is 0.301. The molecule has 2 aromatic rings. The molecule has 29 heavy (non-hydrogen) atoms. The Morgan fingerprint density at radius 3 is 2.62 bits per heavy atom. The average Bonchev–Trinajstić information content (AvgIpc) is 3.21. The monoisotopic (exact) mass is 431 g/mol. The molecule has 3 rings (SSSR count). The third-order valence-corrected chi connectivity index (χ3v) is 7.20. The van der Waals surface area contributed by atoms with Crippen LogP contribution in [0.5, 0.6) is 0 Å². The van der Waals surface area contributed by atoms with Crippen LogP contribution in [0.15, 0.2) is 35.2 Å². The first kappa shape index (κ1) is 23.9. The van der Waals surface area contributed by atoms with Gasteiger partial charge in [-0.05, 0) is 24.8 Å². The van der Waals surface area contributed by atoms with Crippen molar-refractivity contribution in [2.45, 2.75) is 24.4 Å². The van der Waals surface area contributed by atoms with Crippen LogP contribution in [0, 0.1) is 5.38 Å². The van der Waals surface area contributed by atoms with Crippen molar-refractivity contribution in [2.75, 3.05) is 38.3 Å². The maximum absolute atomic E-state index is 13.2. The van der Waals surface area contributed by atoms with E-state index in [2.05, 4.69) is 15.3 Å². The summed E-state index contributed by atoms with van der Waals surface area (Å²) >= 11 is 1.33. The number of esters is 1. The molecule has 1 fully saturated rings. The second-order valence-corrected chi connectivity index (χ2v) is 8.87. The summed E-state index contributed by atoms with van der Waals surface area (Å²) in [5.74, 6) is -0.636. The minimum absolute atomic E-state index is 0. The van der Waals surface area contributed by atoms with Crippen molar-refractivity contribution >= 4 is 32.5 Å². The van der Waals surface area contributed by atoms with Crippen molar-refractivity contribution in [3.8, 4) is 0 Å². The largest absolute Gasteiger partial charge is 1.00 e. The fraction of sp³-hybridized carbons (Fsp3) is 0.444. The molecule has 0 N–H and O–H groups in total. The van der Waals surface area contributed by atoms with Gasteiger partial charge in [0, 0.05) is 24.8 Å². The van der Waals surface area contributed by atoms with Gasteiger partial charge < -0.3 is 30.7 Å². The Morgan fingerprint density at radius 1 is 1.34 bits per heavy atom. The van der Waals surface area contributed by atoms with E-state index in [4.69, 9.17) is 9.47 Å². The molecule has 1 saturated heterocycles. The summed E-state index contributed by atoms with van der Waals surface area (Å²) in [5.41, 5.74) is 0.460. The molecule has 0 saturated carbocycles. The van der Waals surface area contributed by atoms with E-state index in [1.807, 2.05) is 0 Å². The number of carbonyl (C=O) groups is 1. The van der Waals surface area contributed by atoms with Gasteiger partial charge in [-0.1, -0.05) is 18.2 Å². The van der Waals surface area contributed by atoms with Gasteiger partial charge in [-0.25, -0.2) is 8.42 Å². The van der Waals surface area contributed by atoms with E-state index in [0.29, 0.717) is 18.9 Å². The number of nitrogens with zero attached hydrogens (tertiary/aromatic N) is 3. The summed E-state index contributed by atoms with van der Waals surface area (Å²) in [7, 11) is -2.69. The number of hydrogen-bond acceptors (Lipinski definition) is 8. The van der Waals surface area contributed by atoms with Crippen molar-refractivity contribution in [3.05, 3.63) is 41.4 Å². The van der Waals surface area contributed by atoms with Gasteiger partial charge >= 0.3 is 24.8 Å². The van der Waals surface area contributed by atoms with Gasteiger partial charge in [0.15, 0.2) is 0 Å². The van der Waals surface area contributed by atoms with E-state index in [-0.39, 0.29) is 30.3 Å². The Balaban J connectivity index is 0.00000300. The molecule has 152 valence electrons. The van der Waals surface area contributed by atoms with E-state index in [0.717, 1.165) is 22.5 Å². The summed E-state index contributed by atoms with van der Waals surface area (Å²) in [4.78, 5) is 18.8. The van der Waals surface area contributed by atoms with Crippen LogP contribution >= 0.6 is 11.3 Å². The van der Waals surface area contributed by atoms with Gasteiger partial charge in [0.1, 0.15) is 6.04 Å². The summed E-state index contributed by atoms with van der Waals surface area (Å²) in [5, 5.41) is 3.82. The van der Waals surface area contributed by atoms with Crippen molar-refractivity contribution in [2.24, 2.45) is 0 Å². The minimum Gasteiger partial charge on any atom is -0.468 e. The normalized spacial score (nSPS) is 15.6. The molecule has 0 unspecified atom stereocenters. The molecule has 1 atom stereocenters. The van der Waals surface area contributed by atoms with Crippen molar-refractivity contribution < 1.29 is 41.5 Å². The maximum atomic E-state index is 13.2. The number of methoxy groups -OCH3 is 1. The summed E-state index contributed by atoms with van der Waals surface area (Å²) < 4.78 is 37.5. The van der Waals surface area contributed by atoms with Crippen molar-refractivity contribution in [1.29, 1.82) is 0 Å². The van der Waals surface area contributed by atoms with Crippen LogP contribution in [0.3, 0.4) is 0 Å². The van der Waals surface area contributed by atoms with Crippen LogP contribution in [0.1, 0.15) is 12.6 Å². The van der Waals surface area contributed by atoms with E-state index < -0.39 is 22.0 Å². The fourth-order valence-corrected chi connectivity index (χ4v) is 5.17. The Labute approximate surface area is 187 Å². The molecule has 8 nitrogen and oxygen atoms in total. The fourth-order valence-electron chi connectivity index (χ4n) is 2.82. The average molecular weight is 431 g/mol. The van der Waals surface area contributed by atoms with Crippen molar-refractivity contribution in [1.82, 2.24) is 9.29 Å². The zero-order valence-corrected chi connectivity index (χ0v) is 18.3. The standard InChI is InChI=1S/C18H22N3O5S2.Li/c1-14(17(22)25-2)21(28(23,24)16-6-4-3-5-7-16)12-15-13-27-18(19-15)20-8-10-26-11-9-20;/h3-7,14H,8-12H2,1-2H3;/q-1;+1/t14-;/m0./s1. The number of thiazole rings is 1. The number of benzene rings is 1. The molecular formula is C18H22LiN3O5S2. The molecule has 11 heteroatoms.